The number of hydrogen-bond acceptors (Lipinski definition) is 7. The second-order valence-corrected chi connectivity index (χ2v) is 16.0. The van der Waals surface area contributed by atoms with Crippen molar-refractivity contribution in [2.45, 2.75) is 55.6 Å². The van der Waals surface area contributed by atoms with Gasteiger partial charge in [-0.2, -0.15) is 0 Å². The van der Waals surface area contributed by atoms with Crippen molar-refractivity contribution in [1.82, 2.24) is 5.32 Å². The van der Waals surface area contributed by atoms with Crippen molar-refractivity contribution in [1.29, 1.82) is 0 Å². The first kappa shape index (κ1) is 38.7. The van der Waals surface area contributed by atoms with Gasteiger partial charge in [0.05, 0.1) is 17.4 Å². The number of benzene rings is 4. The minimum atomic E-state index is -0.506. The summed E-state index contributed by atoms with van der Waals surface area (Å²) in [4.78, 5) is 55.7. The molecular weight excluding hydrogens is 783 g/mol. The zero-order valence-electron chi connectivity index (χ0n) is 29.9. The predicted octanol–water partition coefficient (Wildman–Crippen LogP) is 9.88. The van der Waals surface area contributed by atoms with Crippen LogP contribution in [0, 0.1) is 0 Å². The molecule has 8 nitrogen and oxygen atoms in total. The quantitative estimate of drug-likeness (QED) is 0.0620. The molecule has 0 saturated heterocycles. The summed E-state index contributed by atoms with van der Waals surface area (Å²) in [5, 5.41) is 8.81. The first-order valence-corrected chi connectivity index (χ1v) is 20.3. The van der Waals surface area contributed by atoms with Crippen molar-refractivity contribution < 1.29 is 23.9 Å². The number of nitrogens with one attached hydrogen (secondary N) is 3. The van der Waals surface area contributed by atoms with E-state index in [9.17, 15) is 19.2 Å². The summed E-state index contributed by atoms with van der Waals surface area (Å²) in [6, 6.07) is 33.7. The van der Waals surface area contributed by atoms with Crippen LogP contribution in [0.5, 0.6) is 0 Å². The Labute approximate surface area is 331 Å². The molecule has 0 radical (unpaired) electrons. The van der Waals surface area contributed by atoms with E-state index in [1.807, 2.05) is 61.5 Å². The van der Waals surface area contributed by atoms with Crippen LogP contribution in [-0.4, -0.2) is 35.5 Å². The normalized spacial score (nSPS) is 14.4. The lowest BCUT2D eigenvalue weighted by atomic mass is 9.83. The molecule has 1 aromatic heterocycles. The SMILES string of the molecule is CCOC(=O)c1c(NC(=O)C(CC)Sc2cccc(NC(=O)/C(=C\c3cccc(Br)c3)NC(=O)c3ccccc3)c2)sc2c1CCC(c1ccccc1)C2. The number of rotatable bonds is 13. The highest BCUT2D eigenvalue weighted by Crippen LogP contribution is 2.43. The van der Waals surface area contributed by atoms with Gasteiger partial charge in [0.1, 0.15) is 10.7 Å². The van der Waals surface area contributed by atoms with E-state index >= 15 is 0 Å². The van der Waals surface area contributed by atoms with Crippen LogP contribution in [-0.2, 0) is 27.2 Å². The molecule has 2 atom stereocenters. The Balaban J connectivity index is 1.18. The number of halogens is 1. The Morgan fingerprint density at radius 1 is 0.907 bits per heavy atom. The molecule has 0 aliphatic heterocycles. The minimum Gasteiger partial charge on any atom is -0.462 e. The lowest BCUT2D eigenvalue weighted by molar-refractivity contribution is -0.116. The van der Waals surface area contributed by atoms with Crippen LogP contribution >= 0.6 is 39.0 Å². The van der Waals surface area contributed by atoms with Gasteiger partial charge in [-0.25, -0.2) is 4.79 Å². The van der Waals surface area contributed by atoms with Gasteiger partial charge in [0.25, 0.3) is 11.8 Å². The number of amides is 3. The second kappa shape index (κ2) is 18.4. The van der Waals surface area contributed by atoms with E-state index in [-0.39, 0.29) is 18.2 Å². The maximum absolute atomic E-state index is 13.9. The van der Waals surface area contributed by atoms with Gasteiger partial charge >= 0.3 is 5.97 Å². The molecule has 5 aromatic rings. The van der Waals surface area contributed by atoms with Crippen LogP contribution in [0.4, 0.5) is 10.7 Å². The number of carbonyl (C=O) groups excluding carboxylic acids is 4. The summed E-state index contributed by atoms with van der Waals surface area (Å²) < 4.78 is 6.29. The Bertz CT molecular complexity index is 2170. The van der Waals surface area contributed by atoms with E-state index in [0.29, 0.717) is 34.2 Å². The van der Waals surface area contributed by atoms with Gasteiger partial charge in [-0.05, 0) is 104 Å². The molecule has 1 heterocycles. The predicted molar refractivity (Wildman–Crippen MR) is 221 cm³/mol. The fourth-order valence-corrected chi connectivity index (χ4v) is 9.08. The Hall–Kier alpha value is -4.97. The van der Waals surface area contributed by atoms with E-state index in [2.05, 4.69) is 44.0 Å². The third-order valence-electron chi connectivity index (χ3n) is 8.97. The van der Waals surface area contributed by atoms with Crippen LogP contribution < -0.4 is 16.0 Å². The first-order chi connectivity index (χ1) is 26.2. The molecule has 3 N–H and O–H groups in total. The molecule has 0 bridgehead atoms. The molecule has 4 aromatic carbocycles. The van der Waals surface area contributed by atoms with Crippen molar-refractivity contribution in [3.05, 3.63) is 152 Å². The van der Waals surface area contributed by atoms with E-state index in [1.165, 1.54) is 28.7 Å². The molecular formula is C43H40BrN3O5S2. The average molecular weight is 823 g/mol. The molecule has 2 unspecified atom stereocenters. The fourth-order valence-electron chi connectivity index (χ4n) is 6.33. The number of fused-ring (bicyclic) bond motifs is 1. The van der Waals surface area contributed by atoms with E-state index in [1.54, 1.807) is 55.5 Å². The summed E-state index contributed by atoms with van der Waals surface area (Å²) in [7, 11) is 0. The van der Waals surface area contributed by atoms with Crippen LogP contribution in [0.3, 0.4) is 0 Å². The molecule has 3 amide bonds. The van der Waals surface area contributed by atoms with Crippen LogP contribution in [0.1, 0.15) is 74.9 Å². The summed E-state index contributed by atoms with van der Waals surface area (Å²) >= 11 is 6.30. The van der Waals surface area contributed by atoms with Crippen molar-refractivity contribution >= 4 is 79.5 Å². The first-order valence-electron chi connectivity index (χ1n) is 17.8. The highest BCUT2D eigenvalue weighted by molar-refractivity contribution is 9.10. The monoisotopic (exact) mass is 821 g/mol. The highest BCUT2D eigenvalue weighted by Gasteiger charge is 2.32. The Kier molecular flexibility index (Phi) is 13.2. The van der Waals surface area contributed by atoms with Gasteiger partial charge in [0.15, 0.2) is 0 Å². The number of esters is 1. The van der Waals surface area contributed by atoms with E-state index in [0.717, 1.165) is 44.6 Å². The molecule has 11 heteroatoms. The largest absolute Gasteiger partial charge is 0.462 e. The van der Waals surface area contributed by atoms with Crippen molar-refractivity contribution in [2.24, 2.45) is 0 Å². The molecule has 1 aliphatic rings. The maximum Gasteiger partial charge on any atom is 0.341 e. The zero-order chi connectivity index (χ0) is 38.0. The number of ether oxygens (including phenoxy) is 1. The number of thioether (sulfide) groups is 1. The highest BCUT2D eigenvalue weighted by atomic mass is 79.9. The van der Waals surface area contributed by atoms with Gasteiger partial charge in [-0.1, -0.05) is 89.6 Å². The number of thiophene rings is 1. The van der Waals surface area contributed by atoms with Crippen LogP contribution in [0.2, 0.25) is 0 Å². The van der Waals surface area contributed by atoms with Gasteiger partial charge in [-0.15, -0.1) is 23.1 Å². The number of hydrogen-bond donors (Lipinski definition) is 3. The summed E-state index contributed by atoms with van der Waals surface area (Å²) in [6.45, 7) is 3.96. The van der Waals surface area contributed by atoms with E-state index < -0.39 is 23.0 Å². The van der Waals surface area contributed by atoms with Gasteiger partial charge in [0, 0.05) is 25.5 Å². The van der Waals surface area contributed by atoms with E-state index in [4.69, 9.17) is 4.74 Å². The minimum absolute atomic E-state index is 0.0666. The van der Waals surface area contributed by atoms with Crippen LogP contribution in [0.25, 0.3) is 6.08 Å². The summed E-state index contributed by atoms with van der Waals surface area (Å²) in [5.41, 5.74) is 4.41. The molecule has 276 valence electrons. The fraction of sp³-hybridized carbons (Fsp3) is 0.209. The smallest absolute Gasteiger partial charge is 0.341 e. The third-order valence-corrected chi connectivity index (χ3v) is 12.0. The summed E-state index contributed by atoms with van der Waals surface area (Å²) in [6.07, 6.45) is 4.58. The molecule has 1 aliphatic carbocycles. The molecule has 6 rings (SSSR count). The number of anilines is 2. The lowest BCUT2D eigenvalue weighted by Crippen LogP contribution is -2.30. The molecule has 54 heavy (non-hydrogen) atoms. The van der Waals surface area contributed by atoms with Gasteiger partial charge in [-0.3, -0.25) is 14.4 Å². The molecule has 0 spiro atoms. The lowest BCUT2D eigenvalue weighted by Gasteiger charge is -2.23. The molecule has 0 fully saturated rings. The average Bonchev–Trinajstić information content (AvgIpc) is 3.54. The van der Waals surface area contributed by atoms with Crippen molar-refractivity contribution in [2.75, 3.05) is 17.2 Å². The van der Waals surface area contributed by atoms with Gasteiger partial charge < -0.3 is 20.7 Å². The standard InChI is InChI=1S/C43H40BrN3O5S2/c1-3-36(41(50)47-42-38(43(51)52-4-2)34-22-21-30(25-37(34)54-42)28-14-7-5-8-15-28)53-33-20-12-19-32(26-33)45-40(49)35(24-27-13-11-18-31(44)23-27)46-39(48)29-16-9-6-10-17-29/h5-20,23-24,26,30,36H,3-4,21-22,25H2,1-2H3,(H,45,49)(H,46,48)(H,47,50)/b35-24+. The van der Waals surface area contributed by atoms with Gasteiger partial charge in [0.2, 0.25) is 5.91 Å². The van der Waals surface area contributed by atoms with Crippen molar-refractivity contribution in [3.63, 3.8) is 0 Å². The summed E-state index contributed by atoms with van der Waals surface area (Å²) in [5.74, 6) is -1.21. The second-order valence-electron chi connectivity index (χ2n) is 12.7. The molecule has 0 saturated carbocycles. The Morgan fingerprint density at radius 2 is 1.65 bits per heavy atom. The third kappa shape index (κ3) is 9.76. The topological polar surface area (TPSA) is 114 Å². The van der Waals surface area contributed by atoms with Crippen molar-refractivity contribution in [3.8, 4) is 0 Å². The van der Waals surface area contributed by atoms with Crippen LogP contribution in [0.15, 0.2) is 124 Å². The number of carbonyl (C=O) groups is 4. The zero-order valence-corrected chi connectivity index (χ0v) is 33.1. The maximum atomic E-state index is 13.9. The Morgan fingerprint density at radius 3 is 2.37 bits per heavy atom.